The average molecular weight is 452 g/mol. The largest absolute Gasteiger partial charge is 0.326 e. The normalized spacial score (nSPS) is 14.1. The SMILES string of the molecule is CCCN1C(=O)C(c2c(C)[nH]n(-c3ccc(Cl)cc3)c2=O)=C([n+]2ccc(CC)cc2)C1=O. The summed E-state index contributed by atoms with van der Waals surface area (Å²) in [6, 6.07) is 10.6. The zero-order chi connectivity index (χ0) is 23.0. The van der Waals surface area contributed by atoms with E-state index >= 15 is 0 Å². The third-order valence-electron chi connectivity index (χ3n) is 5.56. The highest BCUT2D eigenvalue weighted by Gasteiger charge is 2.46. The first-order valence-electron chi connectivity index (χ1n) is 10.6. The van der Waals surface area contributed by atoms with Gasteiger partial charge in [0.05, 0.1) is 11.3 Å². The van der Waals surface area contributed by atoms with Gasteiger partial charge in [0.25, 0.3) is 17.2 Å². The van der Waals surface area contributed by atoms with Crippen molar-refractivity contribution in [2.24, 2.45) is 0 Å². The minimum Gasteiger partial charge on any atom is -0.295 e. The van der Waals surface area contributed by atoms with Gasteiger partial charge < -0.3 is 0 Å². The van der Waals surface area contributed by atoms with E-state index in [9.17, 15) is 14.4 Å². The molecule has 0 aliphatic carbocycles. The molecule has 3 heterocycles. The van der Waals surface area contributed by atoms with Gasteiger partial charge in [-0.25, -0.2) is 4.68 Å². The highest BCUT2D eigenvalue weighted by Crippen LogP contribution is 2.30. The highest BCUT2D eigenvalue weighted by molar-refractivity contribution is 6.44. The quantitative estimate of drug-likeness (QED) is 0.462. The molecule has 1 aliphatic rings. The number of carbonyl (C=O) groups is 2. The first-order valence-corrected chi connectivity index (χ1v) is 10.9. The maximum Gasteiger partial charge on any atom is 0.326 e. The van der Waals surface area contributed by atoms with Crippen LogP contribution in [0.3, 0.4) is 0 Å². The molecular formula is C24H24ClN4O3+. The molecule has 1 N–H and O–H groups in total. The van der Waals surface area contributed by atoms with Crippen LogP contribution in [0.4, 0.5) is 0 Å². The zero-order valence-electron chi connectivity index (χ0n) is 18.2. The molecular weight excluding hydrogens is 428 g/mol. The first kappa shape index (κ1) is 21.8. The van der Waals surface area contributed by atoms with Gasteiger partial charge in [0.1, 0.15) is 5.57 Å². The Morgan fingerprint density at radius 2 is 1.62 bits per heavy atom. The molecule has 1 aromatic carbocycles. The molecule has 0 radical (unpaired) electrons. The second kappa shape index (κ2) is 8.59. The number of hydrogen-bond donors (Lipinski definition) is 1. The van der Waals surface area contributed by atoms with Crippen LogP contribution in [0.25, 0.3) is 17.0 Å². The molecule has 0 bridgehead atoms. The van der Waals surface area contributed by atoms with Crippen molar-refractivity contribution < 1.29 is 14.2 Å². The topological polar surface area (TPSA) is 79.1 Å². The number of aryl methyl sites for hydroxylation is 2. The van der Waals surface area contributed by atoms with Crippen LogP contribution in [-0.2, 0) is 16.0 Å². The van der Waals surface area contributed by atoms with Crippen LogP contribution < -0.4 is 10.1 Å². The van der Waals surface area contributed by atoms with Gasteiger partial charge in [-0.1, -0.05) is 25.4 Å². The lowest BCUT2D eigenvalue weighted by atomic mass is 10.1. The number of amides is 2. The predicted octanol–water partition coefficient (Wildman–Crippen LogP) is 3.12. The number of benzene rings is 1. The Morgan fingerprint density at radius 3 is 2.22 bits per heavy atom. The van der Waals surface area contributed by atoms with E-state index in [1.165, 1.54) is 9.58 Å². The van der Waals surface area contributed by atoms with E-state index in [-0.39, 0.29) is 23.4 Å². The number of nitrogens with one attached hydrogen (secondary N) is 1. The van der Waals surface area contributed by atoms with Crippen LogP contribution in [-0.4, -0.2) is 33.0 Å². The van der Waals surface area contributed by atoms with Crippen molar-refractivity contribution in [3.8, 4) is 5.69 Å². The second-order valence-corrected chi connectivity index (χ2v) is 8.12. The Bertz CT molecular complexity index is 1280. The summed E-state index contributed by atoms with van der Waals surface area (Å²) in [4.78, 5) is 41.3. The van der Waals surface area contributed by atoms with Crippen LogP contribution in [0.1, 0.15) is 37.1 Å². The van der Waals surface area contributed by atoms with Crippen LogP contribution in [0.5, 0.6) is 0 Å². The summed E-state index contributed by atoms with van der Waals surface area (Å²) in [5, 5.41) is 3.58. The number of aromatic amines is 1. The first-order chi connectivity index (χ1) is 15.4. The van der Waals surface area contributed by atoms with Gasteiger partial charge in [-0.2, -0.15) is 4.57 Å². The van der Waals surface area contributed by atoms with Crippen molar-refractivity contribution in [3.63, 3.8) is 0 Å². The summed E-state index contributed by atoms with van der Waals surface area (Å²) in [6.07, 6.45) is 4.99. The summed E-state index contributed by atoms with van der Waals surface area (Å²) >= 11 is 5.97. The van der Waals surface area contributed by atoms with E-state index in [0.717, 1.165) is 12.0 Å². The fourth-order valence-electron chi connectivity index (χ4n) is 3.91. The van der Waals surface area contributed by atoms with Crippen molar-refractivity contribution in [1.29, 1.82) is 0 Å². The predicted molar refractivity (Wildman–Crippen MR) is 122 cm³/mol. The Kier molecular flexibility index (Phi) is 5.84. The third-order valence-corrected chi connectivity index (χ3v) is 5.81. The van der Waals surface area contributed by atoms with Crippen molar-refractivity contribution in [1.82, 2.24) is 14.7 Å². The average Bonchev–Trinajstić information content (AvgIpc) is 3.21. The summed E-state index contributed by atoms with van der Waals surface area (Å²) < 4.78 is 2.99. The van der Waals surface area contributed by atoms with Gasteiger partial charge >= 0.3 is 5.91 Å². The molecule has 8 heteroatoms. The van der Waals surface area contributed by atoms with Crippen LogP contribution >= 0.6 is 11.6 Å². The maximum absolute atomic E-state index is 13.4. The Labute approximate surface area is 190 Å². The Hall–Kier alpha value is -3.45. The second-order valence-electron chi connectivity index (χ2n) is 7.68. The number of rotatable bonds is 6. The molecule has 2 amide bonds. The van der Waals surface area contributed by atoms with Gasteiger partial charge in [-0.05, 0) is 49.6 Å². The number of nitrogens with zero attached hydrogens (tertiary/aromatic N) is 3. The lowest BCUT2D eigenvalue weighted by Gasteiger charge is -2.11. The third kappa shape index (κ3) is 3.58. The van der Waals surface area contributed by atoms with E-state index in [0.29, 0.717) is 22.8 Å². The van der Waals surface area contributed by atoms with E-state index in [4.69, 9.17) is 11.6 Å². The summed E-state index contributed by atoms with van der Waals surface area (Å²) in [6.45, 7) is 5.95. The van der Waals surface area contributed by atoms with Gasteiger partial charge in [0.15, 0.2) is 12.4 Å². The summed E-state index contributed by atoms with van der Waals surface area (Å²) in [5.41, 5.74) is 2.29. The molecule has 0 unspecified atom stereocenters. The van der Waals surface area contributed by atoms with E-state index in [2.05, 4.69) is 5.10 Å². The number of H-pyrrole nitrogens is 1. The lowest BCUT2D eigenvalue weighted by molar-refractivity contribution is -0.577. The van der Waals surface area contributed by atoms with E-state index in [1.807, 2.05) is 26.0 Å². The van der Waals surface area contributed by atoms with Crippen molar-refractivity contribution in [2.75, 3.05) is 6.54 Å². The van der Waals surface area contributed by atoms with Crippen LogP contribution in [0.15, 0.2) is 53.6 Å². The molecule has 32 heavy (non-hydrogen) atoms. The number of aromatic nitrogens is 3. The molecule has 0 atom stereocenters. The monoisotopic (exact) mass is 451 g/mol. The minimum absolute atomic E-state index is 0.115. The molecule has 2 aromatic heterocycles. The van der Waals surface area contributed by atoms with E-state index < -0.39 is 17.4 Å². The summed E-state index contributed by atoms with van der Waals surface area (Å²) in [7, 11) is 0. The molecule has 0 fully saturated rings. The molecule has 7 nitrogen and oxygen atoms in total. The molecule has 1 aliphatic heterocycles. The van der Waals surface area contributed by atoms with Crippen LogP contribution in [0.2, 0.25) is 5.02 Å². The van der Waals surface area contributed by atoms with Gasteiger partial charge in [0, 0.05) is 29.4 Å². The zero-order valence-corrected chi connectivity index (χ0v) is 18.9. The number of carbonyl (C=O) groups excluding carboxylic acids is 2. The molecule has 164 valence electrons. The Balaban J connectivity index is 1.94. The summed E-state index contributed by atoms with van der Waals surface area (Å²) in [5.74, 6) is -0.861. The minimum atomic E-state index is -0.457. The number of imide groups is 1. The van der Waals surface area contributed by atoms with Gasteiger partial charge in [0.2, 0.25) is 0 Å². The number of halogens is 1. The number of pyridine rings is 1. The van der Waals surface area contributed by atoms with Gasteiger partial charge in [-0.15, -0.1) is 0 Å². The van der Waals surface area contributed by atoms with Crippen molar-refractivity contribution >= 4 is 34.7 Å². The molecule has 0 saturated carbocycles. The van der Waals surface area contributed by atoms with Gasteiger partial charge in [-0.3, -0.25) is 24.4 Å². The van der Waals surface area contributed by atoms with Crippen molar-refractivity contribution in [2.45, 2.75) is 33.6 Å². The van der Waals surface area contributed by atoms with Crippen LogP contribution in [0, 0.1) is 6.92 Å². The highest BCUT2D eigenvalue weighted by atomic mass is 35.5. The number of hydrogen-bond acceptors (Lipinski definition) is 3. The van der Waals surface area contributed by atoms with Crippen molar-refractivity contribution in [3.05, 3.63) is 81.0 Å². The molecule has 3 aromatic rings. The lowest BCUT2D eigenvalue weighted by Crippen LogP contribution is -2.39. The smallest absolute Gasteiger partial charge is 0.295 e. The molecule has 0 saturated heterocycles. The molecule has 4 rings (SSSR count). The maximum atomic E-state index is 13.4. The fraction of sp³-hybridized carbons (Fsp3) is 0.250. The van der Waals surface area contributed by atoms with E-state index in [1.54, 1.807) is 48.1 Å². The fourth-order valence-corrected chi connectivity index (χ4v) is 4.04. The molecule has 0 spiro atoms. The standard InChI is InChI=1S/C24H23ClN4O3/c1-4-12-28-22(30)20(21(24(28)32)27-13-10-16(5-2)11-14-27)19-15(3)26-29(23(19)31)18-8-6-17(25)7-9-18/h6-11,13-14H,4-5,12H2,1-3H3/p+1. The Morgan fingerprint density at radius 1 is 0.969 bits per heavy atom.